The van der Waals surface area contributed by atoms with E-state index >= 15 is 0 Å². The second-order valence-corrected chi connectivity index (χ2v) is 2.23. The molecule has 0 radical (unpaired) electrons. The predicted molar refractivity (Wildman–Crippen MR) is 45.6 cm³/mol. The Morgan fingerprint density at radius 1 is 1.30 bits per heavy atom. The molecule has 0 rings (SSSR count). The normalized spacial score (nSPS) is 11.0. The molecule has 0 heterocycles. The molecular formula is C7H15N3. The van der Waals surface area contributed by atoms with Gasteiger partial charge in [-0.05, 0) is 27.7 Å². The van der Waals surface area contributed by atoms with Gasteiger partial charge in [-0.1, -0.05) is 0 Å². The number of nitrogens with zero attached hydrogens (tertiary/aromatic N) is 2. The maximum atomic E-state index is 4.10. The third-order valence-electron chi connectivity index (χ3n) is 0.837. The van der Waals surface area contributed by atoms with Crippen LogP contribution in [0, 0.1) is 0 Å². The Kier molecular flexibility index (Phi) is 4.54. The molecule has 0 unspecified atom stereocenters. The zero-order valence-electron chi connectivity index (χ0n) is 7.10. The van der Waals surface area contributed by atoms with Crippen LogP contribution in [0.3, 0.4) is 0 Å². The van der Waals surface area contributed by atoms with Gasteiger partial charge in [-0.15, -0.1) is 0 Å². The zero-order chi connectivity index (χ0) is 7.98. The molecule has 10 heavy (non-hydrogen) atoms. The van der Waals surface area contributed by atoms with E-state index in [4.69, 9.17) is 0 Å². The lowest BCUT2D eigenvalue weighted by molar-refractivity contribution is 0.979. The first-order valence-electron chi connectivity index (χ1n) is 3.44. The zero-order valence-corrected chi connectivity index (χ0v) is 7.10. The fraction of sp³-hybridized carbons (Fsp3) is 0.714. The monoisotopic (exact) mass is 141 g/mol. The number of hydrogen-bond acceptors (Lipinski definition) is 2. The van der Waals surface area contributed by atoms with Crippen molar-refractivity contribution in [3.05, 3.63) is 0 Å². The van der Waals surface area contributed by atoms with Crippen LogP contribution in [0.1, 0.15) is 27.7 Å². The van der Waals surface area contributed by atoms with Crippen LogP contribution in [-0.2, 0) is 0 Å². The standard InChI is InChI=1S/C7H15N3/c1-5-8-7(4)10-9-6(2)3/h5H2,1-4H3,(H,8,10). The van der Waals surface area contributed by atoms with Crippen molar-refractivity contribution >= 4 is 11.5 Å². The fourth-order valence-corrected chi connectivity index (χ4v) is 0.465. The van der Waals surface area contributed by atoms with Crippen molar-refractivity contribution in [3.8, 4) is 0 Å². The minimum Gasteiger partial charge on any atom is -0.272 e. The molecule has 0 spiro atoms. The van der Waals surface area contributed by atoms with Gasteiger partial charge in [0.25, 0.3) is 0 Å². The molecule has 0 aromatic heterocycles. The van der Waals surface area contributed by atoms with E-state index in [0.29, 0.717) is 0 Å². The molecule has 0 aromatic rings. The van der Waals surface area contributed by atoms with Crippen molar-refractivity contribution in [2.45, 2.75) is 27.7 Å². The van der Waals surface area contributed by atoms with Gasteiger partial charge < -0.3 is 0 Å². The van der Waals surface area contributed by atoms with E-state index in [1.165, 1.54) is 0 Å². The van der Waals surface area contributed by atoms with Crippen LogP contribution < -0.4 is 5.43 Å². The van der Waals surface area contributed by atoms with E-state index in [9.17, 15) is 0 Å². The van der Waals surface area contributed by atoms with Gasteiger partial charge in [-0.3, -0.25) is 10.4 Å². The van der Waals surface area contributed by atoms with Gasteiger partial charge in [0.15, 0.2) is 0 Å². The molecule has 0 amide bonds. The highest BCUT2D eigenvalue weighted by molar-refractivity contribution is 5.83. The highest BCUT2D eigenvalue weighted by Gasteiger charge is 1.82. The summed E-state index contributed by atoms with van der Waals surface area (Å²) < 4.78 is 0. The van der Waals surface area contributed by atoms with E-state index in [2.05, 4.69) is 15.5 Å². The Morgan fingerprint density at radius 2 is 1.90 bits per heavy atom. The summed E-state index contributed by atoms with van der Waals surface area (Å²) in [6, 6.07) is 0. The third kappa shape index (κ3) is 5.28. The predicted octanol–water partition coefficient (Wildman–Crippen LogP) is 1.41. The van der Waals surface area contributed by atoms with Crippen molar-refractivity contribution in [3.63, 3.8) is 0 Å². The van der Waals surface area contributed by atoms with Crippen molar-refractivity contribution in [1.82, 2.24) is 5.43 Å². The van der Waals surface area contributed by atoms with Crippen LogP contribution >= 0.6 is 0 Å². The molecule has 0 saturated heterocycles. The van der Waals surface area contributed by atoms with Gasteiger partial charge in [-0.25, -0.2) is 0 Å². The average Bonchev–Trinajstić information content (AvgIpc) is 1.85. The topological polar surface area (TPSA) is 36.8 Å². The number of nitrogens with one attached hydrogen (secondary N) is 1. The Labute approximate surface area is 62.2 Å². The van der Waals surface area contributed by atoms with Gasteiger partial charge >= 0.3 is 0 Å². The molecule has 1 N–H and O–H groups in total. The van der Waals surface area contributed by atoms with E-state index < -0.39 is 0 Å². The average molecular weight is 141 g/mol. The largest absolute Gasteiger partial charge is 0.272 e. The Balaban J connectivity index is 3.69. The maximum Gasteiger partial charge on any atom is 0.113 e. The minimum absolute atomic E-state index is 0.803. The lowest BCUT2D eigenvalue weighted by Gasteiger charge is -1.97. The van der Waals surface area contributed by atoms with Crippen LogP contribution in [0.2, 0.25) is 0 Å². The lowest BCUT2D eigenvalue weighted by Crippen LogP contribution is -2.14. The van der Waals surface area contributed by atoms with Gasteiger partial charge in [0, 0.05) is 12.3 Å². The third-order valence-corrected chi connectivity index (χ3v) is 0.837. The van der Waals surface area contributed by atoms with Gasteiger partial charge in [0.2, 0.25) is 0 Å². The van der Waals surface area contributed by atoms with Gasteiger partial charge in [0.1, 0.15) is 5.84 Å². The summed E-state index contributed by atoms with van der Waals surface area (Å²) >= 11 is 0. The van der Waals surface area contributed by atoms with Crippen molar-refractivity contribution in [2.75, 3.05) is 6.54 Å². The summed E-state index contributed by atoms with van der Waals surface area (Å²) in [6.45, 7) is 8.57. The van der Waals surface area contributed by atoms with Gasteiger partial charge in [0.05, 0.1) is 0 Å². The summed E-state index contributed by atoms with van der Waals surface area (Å²) in [5.41, 5.74) is 3.83. The minimum atomic E-state index is 0.803. The van der Waals surface area contributed by atoms with Crippen LogP contribution in [0.25, 0.3) is 0 Å². The first-order valence-corrected chi connectivity index (χ1v) is 3.44. The number of hydrazone groups is 1. The lowest BCUT2D eigenvalue weighted by atomic mass is 10.5. The Bertz CT molecular complexity index is 143. The number of hydrogen-bond donors (Lipinski definition) is 1. The fourth-order valence-electron chi connectivity index (χ4n) is 0.465. The first-order chi connectivity index (χ1) is 4.66. The van der Waals surface area contributed by atoms with Crippen molar-refractivity contribution in [2.24, 2.45) is 10.1 Å². The van der Waals surface area contributed by atoms with Crippen LogP contribution in [0.4, 0.5) is 0 Å². The summed E-state index contributed by atoms with van der Waals surface area (Å²) in [6.07, 6.45) is 0. The van der Waals surface area contributed by atoms with Crippen molar-refractivity contribution in [1.29, 1.82) is 0 Å². The molecule has 0 bridgehead atoms. The van der Waals surface area contributed by atoms with Gasteiger partial charge in [-0.2, -0.15) is 5.10 Å². The molecule has 0 aromatic carbocycles. The van der Waals surface area contributed by atoms with E-state index in [-0.39, 0.29) is 0 Å². The highest BCUT2D eigenvalue weighted by atomic mass is 15.3. The summed E-state index contributed by atoms with van der Waals surface area (Å²) in [7, 11) is 0. The molecular weight excluding hydrogens is 126 g/mol. The highest BCUT2D eigenvalue weighted by Crippen LogP contribution is 1.74. The Hall–Kier alpha value is -0.860. The van der Waals surface area contributed by atoms with Crippen LogP contribution in [0.5, 0.6) is 0 Å². The van der Waals surface area contributed by atoms with Crippen LogP contribution in [0.15, 0.2) is 10.1 Å². The number of aliphatic imine (C=N–C) groups is 1. The van der Waals surface area contributed by atoms with Crippen LogP contribution in [-0.4, -0.2) is 18.1 Å². The van der Waals surface area contributed by atoms with E-state index in [0.717, 1.165) is 18.1 Å². The molecule has 3 heteroatoms. The van der Waals surface area contributed by atoms with E-state index in [1.807, 2.05) is 27.7 Å². The molecule has 3 nitrogen and oxygen atoms in total. The molecule has 0 aliphatic rings. The smallest absolute Gasteiger partial charge is 0.113 e. The van der Waals surface area contributed by atoms with Crippen molar-refractivity contribution < 1.29 is 0 Å². The Morgan fingerprint density at radius 3 is 2.30 bits per heavy atom. The first kappa shape index (κ1) is 9.14. The molecule has 58 valence electrons. The molecule has 0 saturated carbocycles. The SMILES string of the molecule is CCN=C(C)NN=C(C)C. The maximum absolute atomic E-state index is 4.10. The molecule has 0 atom stereocenters. The number of amidine groups is 1. The molecule has 0 aliphatic heterocycles. The quantitative estimate of drug-likeness (QED) is 0.352. The summed E-state index contributed by atoms with van der Waals surface area (Å²) in [4.78, 5) is 4.10. The summed E-state index contributed by atoms with van der Waals surface area (Å²) in [5, 5.41) is 3.98. The number of rotatable bonds is 2. The molecule has 0 aliphatic carbocycles. The molecule has 0 fully saturated rings. The van der Waals surface area contributed by atoms with E-state index in [1.54, 1.807) is 0 Å². The second-order valence-electron chi connectivity index (χ2n) is 2.23. The summed E-state index contributed by atoms with van der Waals surface area (Å²) in [5.74, 6) is 0.865. The second kappa shape index (κ2) is 4.97.